The van der Waals surface area contributed by atoms with Gasteiger partial charge in [-0.3, -0.25) is 9.59 Å². The normalized spacial score (nSPS) is 10.5. The molecule has 3 aromatic carbocycles. The Labute approximate surface area is 209 Å². The molecule has 9 nitrogen and oxygen atoms in total. The highest BCUT2D eigenvalue weighted by molar-refractivity contribution is 6.06. The first-order valence-electron chi connectivity index (χ1n) is 10.9. The number of anilines is 2. The Kier molecular flexibility index (Phi) is 8.77. The lowest BCUT2D eigenvalue weighted by molar-refractivity contribution is -0.111. The molecular formula is C27H28N2O7. The Morgan fingerprint density at radius 3 is 1.69 bits per heavy atom. The van der Waals surface area contributed by atoms with Gasteiger partial charge in [-0.15, -0.1) is 0 Å². The van der Waals surface area contributed by atoms with Gasteiger partial charge in [0.05, 0.1) is 46.9 Å². The minimum atomic E-state index is -0.412. The van der Waals surface area contributed by atoms with E-state index >= 15 is 0 Å². The van der Waals surface area contributed by atoms with Crippen LogP contribution < -0.4 is 34.3 Å². The van der Waals surface area contributed by atoms with Crippen LogP contribution in [0.5, 0.6) is 28.7 Å². The van der Waals surface area contributed by atoms with Crippen LogP contribution in [0.25, 0.3) is 6.08 Å². The number of hydrogen-bond acceptors (Lipinski definition) is 7. The van der Waals surface area contributed by atoms with Crippen molar-refractivity contribution in [1.82, 2.24) is 0 Å². The summed E-state index contributed by atoms with van der Waals surface area (Å²) in [6.45, 7) is 0. The van der Waals surface area contributed by atoms with Gasteiger partial charge in [0, 0.05) is 23.8 Å². The van der Waals surface area contributed by atoms with Crippen molar-refractivity contribution in [1.29, 1.82) is 0 Å². The largest absolute Gasteiger partial charge is 0.494 e. The molecule has 2 amide bonds. The lowest BCUT2D eigenvalue weighted by Crippen LogP contribution is -2.14. The molecule has 0 saturated heterocycles. The van der Waals surface area contributed by atoms with Gasteiger partial charge >= 0.3 is 0 Å². The predicted octanol–water partition coefficient (Wildman–Crippen LogP) is 4.63. The highest BCUT2D eigenvalue weighted by Crippen LogP contribution is 2.39. The van der Waals surface area contributed by atoms with Gasteiger partial charge in [-0.25, -0.2) is 0 Å². The van der Waals surface area contributed by atoms with E-state index in [0.29, 0.717) is 51.2 Å². The number of hydrogen-bond donors (Lipinski definition) is 2. The van der Waals surface area contributed by atoms with Crippen LogP contribution in [0.3, 0.4) is 0 Å². The molecule has 0 heterocycles. The maximum Gasteiger partial charge on any atom is 0.255 e. The third-order valence-electron chi connectivity index (χ3n) is 5.18. The Morgan fingerprint density at radius 2 is 1.19 bits per heavy atom. The molecule has 0 aliphatic rings. The lowest BCUT2D eigenvalue weighted by Gasteiger charge is -2.16. The Bertz CT molecular complexity index is 1230. The quantitative estimate of drug-likeness (QED) is 0.398. The van der Waals surface area contributed by atoms with E-state index in [4.69, 9.17) is 23.7 Å². The molecule has 0 aliphatic heterocycles. The van der Waals surface area contributed by atoms with Crippen LogP contribution in [-0.4, -0.2) is 47.4 Å². The molecule has 188 valence electrons. The van der Waals surface area contributed by atoms with E-state index in [1.165, 1.54) is 41.6 Å². The second kappa shape index (κ2) is 12.2. The zero-order valence-electron chi connectivity index (χ0n) is 20.7. The average molecular weight is 493 g/mol. The summed E-state index contributed by atoms with van der Waals surface area (Å²) in [6.07, 6.45) is 2.97. The van der Waals surface area contributed by atoms with Gasteiger partial charge < -0.3 is 34.3 Å². The summed E-state index contributed by atoms with van der Waals surface area (Å²) in [6, 6.07) is 15.4. The van der Waals surface area contributed by atoms with Crippen LogP contribution in [-0.2, 0) is 4.79 Å². The van der Waals surface area contributed by atoms with E-state index in [9.17, 15) is 9.59 Å². The predicted molar refractivity (Wildman–Crippen MR) is 138 cm³/mol. The number of nitrogens with one attached hydrogen (secondary N) is 2. The fraction of sp³-hybridized carbons (Fsp3) is 0.185. The van der Waals surface area contributed by atoms with Crippen LogP contribution >= 0.6 is 0 Å². The van der Waals surface area contributed by atoms with E-state index in [-0.39, 0.29) is 5.91 Å². The summed E-state index contributed by atoms with van der Waals surface area (Å²) in [5, 5.41) is 5.57. The van der Waals surface area contributed by atoms with Crippen molar-refractivity contribution in [3.63, 3.8) is 0 Å². The molecule has 3 aromatic rings. The lowest BCUT2D eigenvalue weighted by atomic mass is 10.1. The smallest absolute Gasteiger partial charge is 0.255 e. The second-order valence-corrected chi connectivity index (χ2v) is 7.35. The molecule has 0 fully saturated rings. The molecule has 0 unspecified atom stereocenters. The molecule has 0 radical (unpaired) electrons. The first-order chi connectivity index (χ1) is 17.4. The summed E-state index contributed by atoms with van der Waals surface area (Å²) >= 11 is 0. The molecule has 3 rings (SSSR count). The topological polar surface area (TPSA) is 104 Å². The first-order valence-corrected chi connectivity index (χ1v) is 10.9. The van der Waals surface area contributed by atoms with E-state index in [1.807, 2.05) is 6.07 Å². The summed E-state index contributed by atoms with van der Waals surface area (Å²) in [5.41, 5.74) is 1.93. The van der Waals surface area contributed by atoms with Crippen molar-refractivity contribution in [2.75, 3.05) is 46.2 Å². The number of ether oxygens (including phenoxy) is 5. The Morgan fingerprint density at radius 1 is 0.667 bits per heavy atom. The summed E-state index contributed by atoms with van der Waals surface area (Å²) in [7, 11) is 7.48. The van der Waals surface area contributed by atoms with Crippen LogP contribution in [0.4, 0.5) is 11.4 Å². The zero-order valence-corrected chi connectivity index (χ0v) is 20.7. The summed E-state index contributed by atoms with van der Waals surface area (Å²) in [4.78, 5) is 25.3. The molecule has 0 bridgehead atoms. The summed E-state index contributed by atoms with van der Waals surface area (Å²) < 4.78 is 26.9. The number of carbonyl (C=O) groups excluding carboxylic acids is 2. The minimum absolute atomic E-state index is 0.305. The van der Waals surface area contributed by atoms with Crippen LogP contribution in [0.1, 0.15) is 15.9 Å². The van der Waals surface area contributed by atoms with Crippen LogP contribution in [0, 0.1) is 0 Å². The van der Waals surface area contributed by atoms with Crippen molar-refractivity contribution in [3.05, 3.63) is 71.8 Å². The monoisotopic (exact) mass is 492 g/mol. The van der Waals surface area contributed by atoms with Gasteiger partial charge in [0.15, 0.2) is 11.5 Å². The molecule has 0 spiro atoms. The maximum atomic E-state index is 12.7. The number of rotatable bonds is 10. The van der Waals surface area contributed by atoms with Crippen molar-refractivity contribution in [2.45, 2.75) is 0 Å². The standard InChI is InChI=1S/C27H28N2O7/c1-32-21-16-20(29-27(31)18-9-7-6-8-10-18)22(33-2)15-19(21)28-25(30)12-11-17-13-23(34-3)26(36-5)24(14-17)35-4/h6-16H,1-5H3,(H,28,30)(H,29,31). The fourth-order valence-corrected chi connectivity index (χ4v) is 3.42. The van der Waals surface area contributed by atoms with Gasteiger partial charge in [-0.05, 0) is 35.9 Å². The number of methoxy groups -OCH3 is 5. The fourth-order valence-electron chi connectivity index (χ4n) is 3.42. The third-order valence-corrected chi connectivity index (χ3v) is 5.18. The van der Waals surface area contributed by atoms with Gasteiger partial charge in [0.25, 0.3) is 5.91 Å². The molecule has 0 aromatic heterocycles. The number of amides is 2. The molecule has 9 heteroatoms. The Balaban J connectivity index is 1.81. The van der Waals surface area contributed by atoms with Crippen LogP contribution in [0.15, 0.2) is 60.7 Å². The van der Waals surface area contributed by atoms with E-state index in [0.717, 1.165) is 0 Å². The second-order valence-electron chi connectivity index (χ2n) is 7.35. The first kappa shape index (κ1) is 26.0. The van der Waals surface area contributed by atoms with Crippen molar-refractivity contribution < 1.29 is 33.3 Å². The van der Waals surface area contributed by atoms with Gasteiger partial charge in [-0.1, -0.05) is 18.2 Å². The maximum absolute atomic E-state index is 12.7. The third kappa shape index (κ3) is 6.06. The van der Waals surface area contributed by atoms with Crippen molar-refractivity contribution in [2.24, 2.45) is 0 Å². The highest BCUT2D eigenvalue weighted by atomic mass is 16.5. The van der Waals surface area contributed by atoms with Gasteiger partial charge in [0.1, 0.15) is 11.5 Å². The highest BCUT2D eigenvalue weighted by Gasteiger charge is 2.16. The van der Waals surface area contributed by atoms with Gasteiger partial charge in [-0.2, -0.15) is 0 Å². The SMILES string of the molecule is COc1cc(NC(=O)c2ccccc2)c(OC)cc1NC(=O)C=Cc1cc(OC)c(OC)c(OC)c1. The van der Waals surface area contributed by atoms with Gasteiger partial charge in [0.2, 0.25) is 11.7 Å². The van der Waals surface area contributed by atoms with Crippen molar-refractivity contribution in [3.8, 4) is 28.7 Å². The van der Waals surface area contributed by atoms with Crippen LogP contribution in [0.2, 0.25) is 0 Å². The van der Waals surface area contributed by atoms with E-state index < -0.39 is 5.91 Å². The molecule has 0 atom stereocenters. The minimum Gasteiger partial charge on any atom is -0.494 e. The number of carbonyl (C=O) groups is 2. The number of benzene rings is 3. The molecule has 36 heavy (non-hydrogen) atoms. The molecule has 0 saturated carbocycles. The Hall–Kier alpha value is -4.66. The van der Waals surface area contributed by atoms with E-state index in [1.54, 1.807) is 54.6 Å². The zero-order chi connectivity index (χ0) is 26.1. The molecule has 2 N–H and O–H groups in total. The van der Waals surface area contributed by atoms with Crippen molar-refractivity contribution >= 4 is 29.3 Å². The molecule has 0 aliphatic carbocycles. The average Bonchev–Trinajstić information content (AvgIpc) is 2.91. The summed E-state index contributed by atoms with van der Waals surface area (Å²) in [5.74, 6) is 1.37. The van der Waals surface area contributed by atoms with E-state index in [2.05, 4.69) is 10.6 Å². The molecular weight excluding hydrogens is 464 g/mol.